The molecule has 1 fully saturated rings. The number of amides is 3. The predicted molar refractivity (Wildman–Crippen MR) is 31.1 cm³/mol. The number of imide groups is 1. The minimum atomic E-state index is -4.77. The van der Waals surface area contributed by atoms with Gasteiger partial charge >= 0.3 is 12.2 Å². The first-order valence-corrected chi connectivity index (χ1v) is 2.98. The average molecular weight is 182 g/mol. The fourth-order valence-electron chi connectivity index (χ4n) is 0.743. The normalized spacial score (nSPS) is 30.0. The first-order chi connectivity index (χ1) is 5.27. The van der Waals surface area contributed by atoms with Crippen LogP contribution >= 0.6 is 0 Å². The van der Waals surface area contributed by atoms with Crippen LogP contribution in [0.25, 0.3) is 0 Å². The molecule has 1 saturated heterocycles. The molecule has 12 heavy (non-hydrogen) atoms. The molecule has 0 unspecified atom stereocenters. The standard InChI is InChI=1S/C5H5F3N2O2/c1-4(5(6,7)8)2(11)9-3(12)10-4/h1H3,(H2,9,10,11,12)/t4-/m0/s1. The molecule has 0 bridgehead atoms. The number of carbonyl (C=O) groups is 2. The highest BCUT2D eigenvalue weighted by molar-refractivity contribution is 6.07. The molecular formula is C5H5F3N2O2. The zero-order valence-corrected chi connectivity index (χ0v) is 5.95. The molecule has 0 aliphatic carbocycles. The largest absolute Gasteiger partial charge is 0.420 e. The average Bonchev–Trinajstić information content (AvgIpc) is 2.06. The highest BCUT2D eigenvalue weighted by atomic mass is 19.4. The van der Waals surface area contributed by atoms with Gasteiger partial charge in [0.25, 0.3) is 5.91 Å². The van der Waals surface area contributed by atoms with Gasteiger partial charge < -0.3 is 5.32 Å². The Morgan fingerprint density at radius 1 is 1.33 bits per heavy atom. The lowest BCUT2D eigenvalue weighted by atomic mass is 10.0. The van der Waals surface area contributed by atoms with Gasteiger partial charge in [-0.05, 0) is 6.92 Å². The van der Waals surface area contributed by atoms with Gasteiger partial charge in [0.15, 0.2) is 0 Å². The third-order valence-electron chi connectivity index (χ3n) is 1.61. The molecule has 1 aliphatic heterocycles. The van der Waals surface area contributed by atoms with Crippen molar-refractivity contribution >= 4 is 11.9 Å². The van der Waals surface area contributed by atoms with E-state index in [2.05, 4.69) is 0 Å². The molecule has 3 amide bonds. The van der Waals surface area contributed by atoms with E-state index in [-0.39, 0.29) is 0 Å². The summed E-state index contributed by atoms with van der Waals surface area (Å²) >= 11 is 0. The number of hydrogen-bond acceptors (Lipinski definition) is 2. The van der Waals surface area contributed by atoms with Crippen LogP contribution < -0.4 is 10.6 Å². The lowest BCUT2D eigenvalue weighted by Crippen LogP contribution is -2.56. The van der Waals surface area contributed by atoms with Gasteiger partial charge in [0, 0.05) is 0 Å². The van der Waals surface area contributed by atoms with Crippen LogP contribution in [0, 0.1) is 0 Å². The second kappa shape index (κ2) is 2.11. The molecule has 4 nitrogen and oxygen atoms in total. The van der Waals surface area contributed by atoms with E-state index in [1.54, 1.807) is 0 Å². The van der Waals surface area contributed by atoms with Crippen LogP contribution in [0.1, 0.15) is 6.92 Å². The monoisotopic (exact) mass is 182 g/mol. The molecule has 0 radical (unpaired) electrons. The van der Waals surface area contributed by atoms with Crippen molar-refractivity contribution in [2.45, 2.75) is 18.6 Å². The molecule has 0 saturated carbocycles. The molecule has 1 aliphatic rings. The van der Waals surface area contributed by atoms with Gasteiger partial charge in [0.1, 0.15) is 0 Å². The van der Waals surface area contributed by atoms with E-state index in [0.29, 0.717) is 6.92 Å². The van der Waals surface area contributed by atoms with Gasteiger partial charge in [-0.1, -0.05) is 0 Å². The zero-order chi connectivity index (χ0) is 9.57. The van der Waals surface area contributed by atoms with Crippen molar-refractivity contribution in [3.05, 3.63) is 0 Å². The second-order valence-electron chi connectivity index (χ2n) is 2.53. The molecule has 1 heterocycles. The molecular weight excluding hydrogens is 177 g/mol. The summed E-state index contributed by atoms with van der Waals surface area (Å²) in [6.45, 7) is 0.604. The van der Waals surface area contributed by atoms with E-state index in [1.807, 2.05) is 0 Å². The summed E-state index contributed by atoms with van der Waals surface area (Å²) in [4.78, 5) is 21.0. The fourth-order valence-corrected chi connectivity index (χ4v) is 0.743. The summed E-state index contributed by atoms with van der Waals surface area (Å²) in [7, 11) is 0. The first-order valence-electron chi connectivity index (χ1n) is 2.98. The van der Waals surface area contributed by atoms with Crippen LogP contribution in [0.2, 0.25) is 0 Å². The Morgan fingerprint density at radius 3 is 2.00 bits per heavy atom. The fraction of sp³-hybridized carbons (Fsp3) is 0.600. The van der Waals surface area contributed by atoms with Gasteiger partial charge in [0.2, 0.25) is 5.54 Å². The van der Waals surface area contributed by atoms with E-state index in [0.717, 1.165) is 0 Å². The minimum absolute atomic E-state index is 0.604. The molecule has 1 atom stereocenters. The lowest BCUT2D eigenvalue weighted by Gasteiger charge is -2.23. The Balaban J connectivity index is 3.00. The van der Waals surface area contributed by atoms with Crippen LogP contribution in [0.4, 0.5) is 18.0 Å². The van der Waals surface area contributed by atoms with Gasteiger partial charge in [0.05, 0.1) is 0 Å². The second-order valence-corrected chi connectivity index (χ2v) is 2.53. The van der Waals surface area contributed by atoms with Crippen LogP contribution in [-0.4, -0.2) is 23.7 Å². The van der Waals surface area contributed by atoms with E-state index < -0.39 is 23.7 Å². The molecule has 0 aromatic heterocycles. The summed E-state index contributed by atoms with van der Waals surface area (Å²) in [5.41, 5.74) is -2.79. The maximum atomic E-state index is 12.1. The number of rotatable bonds is 0. The van der Waals surface area contributed by atoms with Crippen molar-refractivity contribution in [2.24, 2.45) is 0 Å². The van der Waals surface area contributed by atoms with Crippen molar-refractivity contribution < 1.29 is 22.8 Å². The summed E-state index contributed by atoms with van der Waals surface area (Å²) in [5.74, 6) is -1.37. The SMILES string of the molecule is C[C@]1(C(F)(F)F)NC(=O)NC1=O. The van der Waals surface area contributed by atoms with Crippen LogP contribution in [0.3, 0.4) is 0 Å². The summed E-state index contributed by atoms with van der Waals surface area (Å²) in [6, 6.07) is -1.13. The number of carbonyl (C=O) groups excluding carboxylic acids is 2. The molecule has 7 heteroatoms. The van der Waals surface area contributed by atoms with E-state index in [9.17, 15) is 22.8 Å². The van der Waals surface area contributed by atoms with Crippen LogP contribution in [0.5, 0.6) is 0 Å². The van der Waals surface area contributed by atoms with Gasteiger partial charge in [-0.25, -0.2) is 4.79 Å². The zero-order valence-electron chi connectivity index (χ0n) is 5.95. The van der Waals surface area contributed by atoms with Gasteiger partial charge in [-0.15, -0.1) is 0 Å². The number of urea groups is 1. The topological polar surface area (TPSA) is 58.2 Å². The van der Waals surface area contributed by atoms with Gasteiger partial charge in [-0.3, -0.25) is 10.1 Å². The maximum absolute atomic E-state index is 12.1. The molecule has 0 aromatic rings. The van der Waals surface area contributed by atoms with Crippen molar-refractivity contribution in [1.29, 1.82) is 0 Å². The Hall–Kier alpha value is -1.27. The van der Waals surface area contributed by atoms with E-state index in [1.165, 1.54) is 10.6 Å². The lowest BCUT2D eigenvalue weighted by molar-refractivity contribution is -0.188. The van der Waals surface area contributed by atoms with Crippen molar-refractivity contribution in [3.63, 3.8) is 0 Å². The number of alkyl halides is 3. The Bertz CT molecular complexity index is 250. The Kier molecular flexibility index (Phi) is 1.55. The quantitative estimate of drug-likeness (QED) is 0.524. The molecule has 0 spiro atoms. The summed E-state index contributed by atoms with van der Waals surface area (Å²) in [5, 5.41) is 3.00. The third-order valence-corrected chi connectivity index (χ3v) is 1.61. The Morgan fingerprint density at radius 2 is 1.83 bits per heavy atom. The smallest absolute Gasteiger partial charge is 0.316 e. The first kappa shape index (κ1) is 8.82. The third kappa shape index (κ3) is 1.01. The van der Waals surface area contributed by atoms with Crippen LogP contribution in [0.15, 0.2) is 0 Å². The maximum Gasteiger partial charge on any atom is 0.420 e. The molecule has 1 rings (SSSR count). The number of hydrogen-bond donors (Lipinski definition) is 2. The van der Waals surface area contributed by atoms with Crippen LogP contribution in [-0.2, 0) is 4.79 Å². The number of halogens is 3. The Labute approximate surface area is 65.1 Å². The van der Waals surface area contributed by atoms with Crippen molar-refractivity contribution in [1.82, 2.24) is 10.6 Å². The predicted octanol–water partition coefficient (Wildman–Crippen LogP) is 0.147. The summed E-state index contributed by atoms with van der Waals surface area (Å²) < 4.78 is 36.3. The molecule has 2 N–H and O–H groups in total. The molecule has 68 valence electrons. The number of nitrogens with one attached hydrogen (secondary N) is 2. The van der Waals surface area contributed by atoms with E-state index in [4.69, 9.17) is 0 Å². The minimum Gasteiger partial charge on any atom is -0.316 e. The van der Waals surface area contributed by atoms with Crippen molar-refractivity contribution in [2.75, 3.05) is 0 Å². The summed E-state index contributed by atoms with van der Waals surface area (Å²) in [6.07, 6.45) is -4.77. The highest BCUT2D eigenvalue weighted by Gasteiger charge is 2.61. The van der Waals surface area contributed by atoms with E-state index >= 15 is 0 Å². The van der Waals surface area contributed by atoms with Crippen molar-refractivity contribution in [3.8, 4) is 0 Å². The highest BCUT2D eigenvalue weighted by Crippen LogP contribution is 2.31. The van der Waals surface area contributed by atoms with Gasteiger partial charge in [-0.2, -0.15) is 13.2 Å². The molecule has 0 aromatic carbocycles.